The van der Waals surface area contributed by atoms with Crippen LogP contribution in [-0.2, 0) is 6.54 Å². The van der Waals surface area contributed by atoms with Crippen LogP contribution in [0.1, 0.15) is 37.7 Å². The fraction of sp³-hybridized carbons (Fsp3) is 0.318. The summed E-state index contributed by atoms with van der Waals surface area (Å²) in [4.78, 5) is 2.20. The van der Waals surface area contributed by atoms with Crippen LogP contribution in [0.15, 0.2) is 48.6 Å². The lowest BCUT2D eigenvalue weighted by molar-refractivity contribution is 0.358. The summed E-state index contributed by atoms with van der Waals surface area (Å²) in [5.41, 5.74) is 3.27. The normalized spacial score (nSPS) is 11.1. The van der Waals surface area contributed by atoms with E-state index in [1.165, 1.54) is 5.56 Å². The molecule has 0 saturated carbocycles. The summed E-state index contributed by atoms with van der Waals surface area (Å²) in [5.74, 6) is 6.29. The maximum Gasteiger partial charge on any atom is 0.0768 e. The van der Waals surface area contributed by atoms with Gasteiger partial charge in [-0.1, -0.05) is 54.3 Å². The number of aromatic amines is 1. The van der Waals surface area contributed by atoms with E-state index in [9.17, 15) is 0 Å². The Kier molecular flexibility index (Phi) is 11.5. The summed E-state index contributed by atoms with van der Waals surface area (Å²) in [6.07, 6.45) is 8.15. The number of likely N-dealkylation sites (N-methyl/N-ethyl adjacent to an activating group) is 1. The van der Waals surface area contributed by atoms with Gasteiger partial charge in [-0.3, -0.25) is 10.00 Å². The fourth-order valence-corrected chi connectivity index (χ4v) is 2.19. The number of aromatic nitrogens is 2. The molecule has 0 fully saturated rings. The summed E-state index contributed by atoms with van der Waals surface area (Å²) in [6.45, 7) is 7.98. The number of halogens is 2. The van der Waals surface area contributed by atoms with E-state index in [2.05, 4.69) is 85.1 Å². The standard InChI is InChI=1S/C22H27N3.2ClH/c1-22(2,3)15-9-6-10-16-25(4)18-21-17-20(23-24-21)14-13-19-11-7-5-8-12-19;;/h5-8,10-14,17H,16,18H2,1-4H3,(H,23,24);2*1H. The molecule has 2 rings (SSSR count). The molecule has 0 bridgehead atoms. The molecule has 0 spiro atoms. The molecule has 0 saturated heterocycles. The fourth-order valence-electron chi connectivity index (χ4n) is 2.19. The van der Waals surface area contributed by atoms with E-state index in [1.807, 2.05) is 30.4 Å². The number of H-pyrrole nitrogens is 1. The van der Waals surface area contributed by atoms with E-state index >= 15 is 0 Å². The first-order chi connectivity index (χ1) is 11.9. The van der Waals surface area contributed by atoms with E-state index in [4.69, 9.17) is 0 Å². The van der Waals surface area contributed by atoms with Crippen LogP contribution in [0.3, 0.4) is 0 Å². The Bertz CT molecular complexity index is 775. The number of rotatable bonds is 6. The molecule has 0 atom stereocenters. The molecule has 1 aromatic heterocycles. The second-order valence-corrected chi connectivity index (χ2v) is 7.18. The molecule has 0 aliphatic heterocycles. The zero-order valence-corrected chi connectivity index (χ0v) is 18.0. The van der Waals surface area contributed by atoms with Crippen molar-refractivity contribution in [1.29, 1.82) is 0 Å². The third-order valence-electron chi connectivity index (χ3n) is 3.40. The van der Waals surface area contributed by atoms with Gasteiger partial charge in [-0.25, -0.2) is 0 Å². The number of allylic oxidation sites excluding steroid dienone is 1. The minimum atomic E-state index is 0. The predicted octanol–water partition coefficient (Wildman–Crippen LogP) is 5.46. The Morgan fingerprint density at radius 1 is 1.11 bits per heavy atom. The number of benzene rings is 1. The summed E-state index contributed by atoms with van der Waals surface area (Å²) >= 11 is 0. The maximum absolute atomic E-state index is 4.38. The highest BCUT2D eigenvalue weighted by Crippen LogP contribution is 2.10. The van der Waals surface area contributed by atoms with Gasteiger partial charge in [0.1, 0.15) is 0 Å². The second kappa shape index (κ2) is 12.4. The Hall–Kier alpha value is -1.99. The molecule has 0 aliphatic carbocycles. The van der Waals surface area contributed by atoms with Gasteiger partial charge in [0.05, 0.1) is 11.4 Å². The van der Waals surface area contributed by atoms with Crippen LogP contribution in [0, 0.1) is 17.3 Å². The molecule has 2 aromatic rings. The molecule has 1 N–H and O–H groups in total. The Labute approximate surface area is 175 Å². The van der Waals surface area contributed by atoms with Gasteiger partial charge in [0.25, 0.3) is 0 Å². The van der Waals surface area contributed by atoms with Gasteiger partial charge < -0.3 is 0 Å². The first-order valence-electron chi connectivity index (χ1n) is 8.56. The number of hydrogen-bond donors (Lipinski definition) is 1. The van der Waals surface area contributed by atoms with E-state index < -0.39 is 0 Å². The summed E-state index contributed by atoms with van der Waals surface area (Å²) in [7, 11) is 2.08. The highest BCUT2D eigenvalue weighted by atomic mass is 35.5. The van der Waals surface area contributed by atoms with Crippen molar-refractivity contribution in [3.8, 4) is 11.8 Å². The molecule has 0 unspecified atom stereocenters. The number of hydrogen-bond acceptors (Lipinski definition) is 2. The van der Waals surface area contributed by atoms with Crippen LogP contribution >= 0.6 is 24.8 Å². The minimum absolute atomic E-state index is 0. The van der Waals surface area contributed by atoms with Gasteiger partial charge in [0.2, 0.25) is 0 Å². The van der Waals surface area contributed by atoms with Crippen LogP contribution in [0.4, 0.5) is 0 Å². The molecule has 0 amide bonds. The molecule has 0 radical (unpaired) electrons. The average Bonchev–Trinajstić information content (AvgIpc) is 3.00. The maximum atomic E-state index is 4.38. The smallest absolute Gasteiger partial charge is 0.0768 e. The SMILES string of the molecule is CN(CC=CC#CC(C)(C)C)Cc1cc(C=Cc2ccccc2)[nH]n1.Cl.Cl. The van der Waals surface area contributed by atoms with Crippen molar-refractivity contribution in [2.24, 2.45) is 5.41 Å². The highest BCUT2D eigenvalue weighted by Gasteiger charge is 2.03. The highest BCUT2D eigenvalue weighted by molar-refractivity contribution is 5.85. The van der Waals surface area contributed by atoms with Crippen LogP contribution in [0.25, 0.3) is 12.2 Å². The molecular weight excluding hydrogens is 377 g/mol. The molecule has 27 heavy (non-hydrogen) atoms. The molecule has 146 valence electrons. The predicted molar refractivity (Wildman–Crippen MR) is 121 cm³/mol. The lowest BCUT2D eigenvalue weighted by Crippen LogP contribution is -2.17. The van der Waals surface area contributed by atoms with E-state index in [-0.39, 0.29) is 30.2 Å². The van der Waals surface area contributed by atoms with Crippen LogP contribution in [-0.4, -0.2) is 28.7 Å². The quantitative estimate of drug-likeness (QED) is 0.646. The third kappa shape index (κ3) is 10.7. The lowest BCUT2D eigenvalue weighted by atomic mass is 9.98. The van der Waals surface area contributed by atoms with Gasteiger partial charge in [-0.05, 0) is 51.6 Å². The van der Waals surface area contributed by atoms with Gasteiger partial charge >= 0.3 is 0 Å². The first kappa shape index (κ1) is 25.0. The number of nitrogens with one attached hydrogen (secondary N) is 1. The zero-order valence-electron chi connectivity index (χ0n) is 16.4. The van der Waals surface area contributed by atoms with Gasteiger partial charge in [-0.2, -0.15) is 5.10 Å². The molecule has 5 heteroatoms. The largest absolute Gasteiger partial charge is 0.297 e. The summed E-state index contributed by atoms with van der Waals surface area (Å²) < 4.78 is 0. The zero-order chi connectivity index (χ0) is 18.1. The Balaban J connectivity index is 0.00000338. The summed E-state index contributed by atoms with van der Waals surface area (Å²) in [5, 5.41) is 7.45. The Morgan fingerprint density at radius 2 is 1.81 bits per heavy atom. The van der Waals surface area contributed by atoms with E-state index in [1.54, 1.807) is 0 Å². The van der Waals surface area contributed by atoms with Crippen molar-refractivity contribution in [3.63, 3.8) is 0 Å². The minimum Gasteiger partial charge on any atom is -0.297 e. The molecule has 3 nitrogen and oxygen atoms in total. The molecular formula is C22H29Cl2N3. The van der Waals surface area contributed by atoms with Crippen molar-refractivity contribution in [2.45, 2.75) is 27.3 Å². The summed E-state index contributed by atoms with van der Waals surface area (Å²) in [6, 6.07) is 12.3. The van der Waals surface area contributed by atoms with E-state index in [0.29, 0.717) is 0 Å². The first-order valence-corrected chi connectivity index (χ1v) is 8.56. The van der Waals surface area contributed by atoms with Crippen molar-refractivity contribution in [2.75, 3.05) is 13.6 Å². The van der Waals surface area contributed by atoms with Crippen LogP contribution in [0.5, 0.6) is 0 Å². The van der Waals surface area contributed by atoms with Crippen molar-refractivity contribution in [3.05, 3.63) is 65.5 Å². The van der Waals surface area contributed by atoms with Crippen molar-refractivity contribution < 1.29 is 0 Å². The van der Waals surface area contributed by atoms with Gasteiger partial charge in [-0.15, -0.1) is 24.8 Å². The van der Waals surface area contributed by atoms with Gasteiger partial charge in [0, 0.05) is 18.5 Å². The third-order valence-corrected chi connectivity index (χ3v) is 3.40. The van der Waals surface area contributed by atoms with E-state index in [0.717, 1.165) is 24.5 Å². The second-order valence-electron chi connectivity index (χ2n) is 7.18. The number of nitrogens with zero attached hydrogens (tertiary/aromatic N) is 2. The van der Waals surface area contributed by atoms with Crippen LogP contribution in [0.2, 0.25) is 0 Å². The molecule has 1 aromatic carbocycles. The molecule has 0 aliphatic rings. The van der Waals surface area contributed by atoms with Crippen LogP contribution < -0.4 is 0 Å². The van der Waals surface area contributed by atoms with Gasteiger partial charge in [0.15, 0.2) is 0 Å². The van der Waals surface area contributed by atoms with Crippen molar-refractivity contribution in [1.82, 2.24) is 15.1 Å². The monoisotopic (exact) mass is 405 g/mol. The average molecular weight is 406 g/mol. The molecule has 1 heterocycles. The lowest BCUT2D eigenvalue weighted by Gasteiger charge is -2.11. The van der Waals surface area contributed by atoms with Crippen molar-refractivity contribution >= 4 is 37.0 Å². The topological polar surface area (TPSA) is 31.9 Å². The Morgan fingerprint density at radius 3 is 2.48 bits per heavy atom.